The Kier molecular flexibility index (Phi) is 3.93. The molecule has 23 heavy (non-hydrogen) atoms. The lowest BCUT2D eigenvalue weighted by Gasteiger charge is -2.36. The number of amides is 1. The molecule has 7 nitrogen and oxygen atoms in total. The number of fused-ring (bicyclic) bond motifs is 1. The van der Waals surface area contributed by atoms with Gasteiger partial charge in [-0.15, -0.1) is 11.3 Å². The highest BCUT2D eigenvalue weighted by atomic mass is 32.1. The van der Waals surface area contributed by atoms with Gasteiger partial charge in [-0.3, -0.25) is 14.0 Å². The van der Waals surface area contributed by atoms with Crippen molar-refractivity contribution in [2.24, 2.45) is 5.92 Å². The summed E-state index contributed by atoms with van der Waals surface area (Å²) in [6.07, 6.45) is 4.95. The van der Waals surface area contributed by atoms with Gasteiger partial charge in [0.25, 0.3) is 11.5 Å². The summed E-state index contributed by atoms with van der Waals surface area (Å²) >= 11 is 1.29. The standard InChI is InChI=1S/C15H17N3O4S/c1-9-2-4-15(5-3-9,13(21)22)17-11(19)10-8-16-14-18(12(10)20)6-7-23-14/h6-9H,2-5H2,1H3,(H,17,19)(H,21,22). The summed E-state index contributed by atoms with van der Waals surface area (Å²) in [7, 11) is 0. The normalized spacial score (nSPS) is 24.5. The Morgan fingerprint density at radius 2 is 2.13 bits per heavy atom. The second-order valence-corrected chi connectivity index (χ2v) is 6.93. The minimum atomic E-state index is -1.30. The Labute approximate surface area is 136 Å². The summed E-state index contributed by atoms with van der Waals surface area (Å²) in [6.45, 7) is 2.06. The first-order valence-corrected chi connectivity index (χ1v) is 8.32. The fourth-order valence-corrected chi connectivity index (χ4v) is 3.59. The minimum Gasteiger partial charge on any atom is -0.480 e. The molecule has 2 aromatic rings. The molecule has 3 rings (SSSR count). The van der Waals surface area contributed by atoms with E-state index >= 15 is 0 Å². The number of hydrogen-bond acceptors (Lipinski definition) is 5. The van der Waals surface area contributed by atoms with Gasteiger partial charge >= 0.3 is 5.97 Å². The van der Waals surface area contributed by atoms with Crippen LogP contribution >= 0.6 is 11.3 Å². The maximum atomic E-state index is 12.5. The first-order valence-electron chi connectivity index (χ1n) is 7.44. The van der Waals surface area contributed by atoms with Crippen molar-refractivity contribution < 1.29 is 14.7 Å². The van der Waals surface area contributed by atoms with Gasteiger partial charge in [0.15, 0.2) is 4.96 Å². The summed E-state index contributed by atoms with van der Waals surface area (Å²) in [5.74, 6) is -1.30. The Balaban J connectivity index is 1.91. The Hall–Kier alpha value is -2.22. The van der Waals surface area contributed by atoms with Crippen molar-refractivity contribution in [3.05, 3.63) is 33.7 Å². The van der Waals surface area contributed by atoms with Crippen molar-refractivity contribution in [1.82, 2.24) is 14.7 Å². The van der Waals surface area contributed by atoms with Crippen LogP contribution in [0.2, 0.25) is 0 Å². The van der Waals surface area contributed by atoms with Crippen LogP contribution < -0.4 is 10.9 Å². The van der Waals surface area contributed by atoms with Crippen molar-refractivity contribution in [3.63, 3.8) is 0 Å². The highest BCUT2D eigenvalue weighted by Gasteiger charge is 2.43. The smallest absolute Gasteiger partial charge is 0.329 e. The molecule has 2 heterocycles. The van der Waals surface area contributed by atoms with Crippen LogP contribution in [0.15, 0.2) is 22.6 Å². The van der Waals surface area contributed by atoms with Gasteiger partial charge in [0.2, 0.25) is 0 Å². The van der Waals surface area contributed by atoms with Gasteiger partial charge in [-0.2, -0.15) is 0 Å². The zero-order valence-corrected chi connectivity index (χ0v) is 13.4. The number of carbonyl (C=O) groups is 2. The van der Waals surface area contributed by atoms with E-state index in [1.165, 1.54) is 21.9 Å². The van der Waals surface area contributed by atoms with Gasteiger partial charge in [-0.05, 0) is 31.6 Å². The number of carboxylic acid groups (broad SMARTS) is 1. The summed E-state index contributed by atoms with van der Waals surface area (Å²) in [5.41, 5.74) is -1.93. The fraction of sp³-hybridized carbons (Fsp3) is 0.467. The van der Waals surface area contributed by atoms with E-state index in [1.54, 1.807) is 11.6 Å². The molecule has 1 fully saturated rings. The predicted molar refractivity (Wildman–Crippen MR) is 84.8 cm³/mol. The van der Waals surface area contributed by atoms with Gasteiger partial charge in [0.1, 0.15) is 11.1 Å². The van der Waals surface area contributed by atoms with Crippen molar-refractivity contribution >= 4 is 28.2 Å². The average Bonchev–Trinajstić information content (AvgIpc) is 2.99. The second kappa shape index (κ2) is 5.77. The van der Waals surface area contributed by atoms with Crippen molar-refractivity contribution in [2.45, 2.75) is 38.1 Å². The monoisotopic (exact) mass is 335 g/mol. The number of aliphatic carboxylic acids is 1. The van der Waals surface area contributed by atoms with Crippen molar-refractivity contribution in [1.29, 1.82) is 0 Å². The molecule has 8 heteroatoms. The molecule has 0 radical (unpaired) electrons. The largest absolute Gasteiger partial charge is 0.480 e. The number of hydrogen-bond donors (Lipinski definition) is 2. The average molecular weight is 335 g/mol. The Morgan fingerprint density at radius 3 is 2.78 bits per heavy atom. The van der Waals surface area contributed by atoms with Crippen LogP contribution in [0.4, 0.5) is 0 Å². The summed E-state index contributed by atoms with van der Waals surface area (Å²) in [5, 5.41) is 13.8. The molecule has 0 atom stereocenters. The van der Waals surface area contributed by atoms with Crippen LogP contribution in [0, 0.1) is 5.92 Å². The highest BCUT2D eigenvalue weighted by Crippen LogP contribution is 2.32. The van der Waals surface area contributed by atoms with Gasteiger partial charge < -0.3 is 10.4 Å². The van der Waals surface area contributed by atoms with Gasteiger partial charge in [-0.25, -0.2) is 9.78 Å². The van der Waals surface area contributed by atoms with E-state index in [-0.39, 0.29) is 5.56 Å². The van der Waals surface area contributed by atoms with Crippen LogP contribution in [0.25, 0.3) is 4.96 Å². The first-order chi connectivity index (χ1) is 10.9. The Morgan fingerprint density at radius 1 is 1.43 bits per heavy atom. The summed E-state index contributed by atoms with van der Waals surface area (Å²) < 4.78 is 1.29. The van der Waals surface area contributed by atoms with E-state index < -0.39 is 23.0 Å². The lowest BCUT2D eigenvalue weighted by atomic mass is 9.77. The van der Waals surface area contributed by atoms with E-state index in [4.69, 9.17) is 0 Å². The minimum absolute atomic E-state index is 0.139. The van der Waals surface area contributed by atoms with Crippen LogP contribution in [-0.2, 0) is 4.79 Å². The second-order valence-electron chi connectivity index (χ2n) is 6.06. The maximum Gasteiger partial charge on any atom is 0.329 e. The number of carboxylic acids is 1. The van der Waals surface area contributed by atoms with E-state index in [9.17, 15) is 19.5 Å². The van der Waals surface area contributed by atoms with E-state index in [2.05, 4.69) is 17.2 Å². The number of rotatable bonds is 3. The van der Waals surface area contributed by atoms with E-state index in [0.717, 1.165) is 12.8 Å². The quantitative estimate of drug-likeness (QED) is 0.885. The van der Waals surface area contributed by atoms with Gasteiger partial charge in [0, 0.05) is 17.8 Å². The zero-order valence-electron chi connectivity index (χ0n) is 12.6. The molecule has 122 valence electrons. The van der Waals surface area contributed by atoms with Gasteiger partial charge in [-0.1, -0.05) is 6.92 Å². The lowest BCUT2D eigenvalue weighted by molar-refractivity contribution is -0.146. The number of nitrogens with one attached hydrogen (secondary N) is 1. The SMILES string of the molecule is CC1CCC(NC(=O)c2cnc3sccn3c2=O)(C(=O)O)CC1. The topological polar surface area (TPSA) is 101 Å². The third kappa shape index (κ3) is 2.74. The molecule has 2 aromatic heterocycles. The third-order valence-electron chi connectivity index (χ3n) is 4.48. The third-order valence-corrected chi connectivity index (χ3v) is 5.25. The predicted octanol–water partition coefficient (Wildman–Crippen LogP) is 1.52. The highest BCUT2D eigenvalue weighted by molar-refractivity contribution is 7.15. The fourth-order valence-electron chi connectivity index (χ4n) is 2.91. The zero-order chi connectivity index (χ0) is 16.6. The van der Waals surface area contributed by atoms with Crippen LogP contribution in [-0.4, -0.2) is 31.9 Å². The summed E-state index contributed by atoms with van der Waals surface area (Å²) in [6, 6.07) is 0. The number of nitrogens with zero attached hydrogens (tertiary/aromatic N) is 2. The van der Waals surface area contributed by atoms with Crippen molar-refractivity contribution in [3.8, 4) is 0 Å². The Bertz CT molecular complexity index is 817. The molecule has 1 aliphatic carbocycles. The molecule has 0 unspecified atom stereocenters. The molecular formula is C15H17N3O4S. The molecule has 0 aromatic carbocycles. The molecular weight excluding hydrogens is 318 g/mol. The molecule has 1 amide bonds. The lowest BCUT2D eigenvalue weighted by Crippen LogP contribution is -2.56. The molecule has 0 aliphatic heterocycles. The van der Waals surface area contributed by atoms with E-state index in [0.29, 0.717) is 23.7 Å². The first kappa shape index (κ1) is 15.7. The summed E-state index contributed by atoms with van der Waals surface area (Å²) in [4.78, 5) is 41.0. The molecule has 1 aliphatic rings. The maximum absolute atomic E-state index is 12.5. The molecule has 0 spiro atoms. The number of aromatic nitrogens is 2. The number of carbonyl (C=O) groups excluding carboxylic acids is 1. The van der Waals surface area contributed by atoms with Crippen molar-refractivity contribution in [2.75, 3.05) is 0 Å². The van der Waals surface area contributed by atoms with Crippen LogP contribution in [0.5, 0.6) is 0 Å². The van der Waals surface area contributed by atoms with Crippen LogP contribution in [0.3, 0.4) is 0 Å². The molecule has 1 saturated carbocycles. The molecule has 0 bridgehead atoms. The molecule has 2 N–H and O–H groups in total. The molecule has 0 saturated heterocycles. The van der Waals surface area contributed by atoms with E-state index in [1.807, 2.05) is 0 Å². The van der Waals surface area contributed by atoms with Crippen LogP contribution in [0.1, 0.15) is 43.0 Å². The number of thiazole rings is 1. The van der Waals surface area contributed by atoms with Gasteiger partial charge in [0.05, 0.1) is 0 Å².